The van der Waals surface area contributed by atoms with E-state index < -0.39 is 65.0 Å². The zero-order valence-electron chi connectivity index (χ0n) is 32.9. The minimum atomic E-state index is -3.85. The maximum atomic E-state index is 13.1. The Morgan fingerprint density at radius 3 is 1.61 bits per heavy atom. The molecule has 4 aliphatic rings. The van der Waals surface area contributed by atoms with Crippen LogP contribution in [0.5, 0.6) is 0 Å². The molecule has 2 saturated heterocycles. The van der Waals surface area contributed by atoms with Crippen LogP contribution in [-0.2, 0) is 59.7 Å². The number of alkyl carbamates (subject to hydrolysis) is 2. The summed E-state index contributed by atoms with van der Waals surface area (Å²) in [7, 11) is 5.00. The van der Waals surface area contributed by atoms with Gasteiger partial charge in [0.1, 0.15) is 32.8 Å². The summed E-state index contributed by atoms with van der Waals surface area (Å²) in [5, 5.41) is 5.61. The van der Waals surface area contributed by atoms with Crippen molar-refractivity contribution in [2.24, 2.45) is 9.98 Å². The Hall–Kier alpha value is -2.67. The van der Waals surface area contributed by atoms with Gasteiger partial charge in [0.25, 0.3) is 0 Å². The van der Waals surface area contributed by atoms with Crippen molar-refractivity contribution in [3.05, 3.63) is 41.1 Å². The summed E-state index contributed by atoms with van der Waals surface area (Å²) in [6.07, 6.45) is -1.34. The molecule has 0 aromatic carbocycles. The number of ether oxygens (including phenoxy) is 4. The number of carbonyl (C=O) groups is 2. The summed E-state index contributed by atoms with van der Waals surface area (Å²) in [5.74, 6) is -0.253. The standard InChI is InChI=1S/C15H19BrClN3O5S2.C15H20ClN3O5S2.CO2.B3.H2/c1-14(2,3)25-13(21)18-12-19-15(11-8(17)5-10(16)26-11)7-24-6-9(15)27(22,23)20(12)4;1-14(2,3)24-13(20)17-12-18-15(11-9(16)5-6-25-11)8-23-7-10(15)26(21,22)19(12)4;2-1-3;1-3-2;/h5,9H,6-7H2,1-4H3,(H,18,19,21);5-6,10H,7-8H2,1-4H3,(H,17,18,20);;;1H/t9?,15-;10?,15-;;;/m00.../s1/i;;;;1+1. The smallest absolute Gasteiger partial charge is 0.414 e. The molecular weight excluding hydrogens is 960 g/mol. The average Bonchev–Trinajstić information content (AvgIpc) is 3.89. The maximum absolute atomic E-state index is 13.1. The first-order valence-corrected chi connectivity index (χ1v) is 23.2. The van der Waals surface area contributed by atoms with Crippen LogP contribution in [0.15, 0.2) is 31.3 Å². The highest BCUT2D eigenvalue weighted by molar-refractivity contribution is 9.11. The third kappa shape index (κ3) is 11.4. The fourth-order valence-electron chi connectivity index (χ4n) is 5.89. The lowest BCUT2D eigenvalue weighted by molar-refractivity contribution is -0.191. The predicted octanol–water partition coefficient (Wildman–Crippen LogP) is 3.59. The Morgan fingerprint density at radius 2 is 1.29 bits per heavy atom. The number of fused-ring (bicyclic) bond motifs is 2. The molecule has 2 aromatic rings. The van der Waals surface area contributed by atoms with Gasteiger partial charge < -0.3 is 18.9 Å². The molecule has 0 bridgehead atoms. The van der Waals surface area contributed by atoms with Crippen molar-refractivity contribution in [3.63, 3.8) is 0 Å². The molecule has 2 N–H and O–H groups in total. The summed E-state index contributed by atoms with van der Waals surface area (Å²) in [6, 6.07) is 3.38. The Morgan fingerprint density at radius 1 is 0.898 bits per heavy atom. The van der Waals surface area contributed by atoms with Crippen molar-refractivity contribution in [1.82, 2.24) is 19.2 Å². The highest BCUT2D eigenvalue weighted by Gasteiger charge is 2.60. The number of halogens is 3. The zero-order chi connectivity index (χ0) is 44.9. The third-order valence-electron chi connectivity index (χ3n) is 8.22. The van der Waals surface area contributed by atoms with Gasteiger partial charge in [0.05, 0.1) is 50.0 Å². The van der Waals surface area contributed by atoms with Crippen LogP contribution in [0.3, 0.4) is 0 Å². The monoisotopic (exact) mass is 1000 g/mol. The van der Waals surface area contributed by atoms with Crippen LogP contribution in [-0.4, -0.2) is 140 Å². The van der Waals surface area contributed by atoms with E-state index >= 15 is 0 Å². The molecule has 28 heteroatoms. The van der Waals surface area contributed by atoms with E-state index in [1.807, 2.05) is 0 Å². The number of rotatable bonds is 2. The first-order chi connectivity index (χ1) is 27.2. The third-order valence-corrected chi connectivity index (χ3v) is 16.3. The fraction of sp³-hybridized carbons (Fsp3) is 0.581. The number of nitrogens with one attached hydrogen (secondary N) is 2. The lowest BCUT2D eigenvalue weighted by Crippen LogP contribution is -2.58. The van der Waals surface area contributed by atoms with Crippen LogP contribution in [0.1, 0.15) is 52.7 Å². The number of carbonyl (C=O) groups excluding carboxylic acids is 4. The summed E-state index contributed by atoms with van der Waals surface area (Å²) in [4.78, 5) is 50.9. The Labute approximate surface area is 373 Å². The van der Waals surface area contributed by atoms with Crippen LogP contribution < -0.4 is 10.6 Å². The number of amides is 2. The van der Waals surface area contributed by atoms with Crippen LogP contribution >= 0.6 is 61.8 Å². The highest BCUT2D eigenvalue weighted by atomic mass is 79.9. The van der Waals surface area contributed by atoms with E-state index in [9.17, 15) is 26.4 Å². The van der Waals surface area contributed by atoms with Crippen LogP contribution in [0.25, 0.3) is 0 Å². The van der Waals surface area contributed by atoms with Gasteiger partial charge in [-0.3, -0.25) is 10.6 Å². The minimum absolute atomic E-state index is 0. The van der Waals surface area contributed by atoms with Crippen molar-refractivity contribution < 1.29 is 56.4 Å². The topological polar surface area (TPSA) is 229 Å². The Bertz CT molecular complexity index is 2200. The fourth-order valence-corrected chi connectivity index (χ4v) is 13.1. The second-order valence-corrected chi connectivity index (χ2v) is 23.1. The van der Waals surface area contributed by atoms with Crippen LogP contribution in [0.2, 0.25) is 10.0 Å². The Kier molecular flexibility index (Phi) is 16.8. The highest BCUT2D eigenvalue weighted by Crippen LogP contribution is 2.49. The molecule has 5 radical (unpaired) electrons. The molecule has 2 unspecified atom stereocenters. The van der Waals surface area contributed by atoms with Gasteiger partial charge in [-0.05, 0) is 75.0 Å². The summed E-state index contributed by atoms with van der Waals surface area (Å²) >= 11 is 18.6. The molecule has 18 nitrogen and oxygen atoms in total. The molecule has 6 rings (SSSR count). The molecule has 6 heterocycles. The first-order valence-electron chi connectivity index (χ1n) is 16.9. The van der Waals surface area contributed by atoms with Gasteiger partial charge >= 0.3 is 18.3 Å². The van der Waals surface area contributed by atoms with Crippen molar-refractivity contribution in [1.29, 1.82) is 0 Å². The predicted molar refractivity (Wildman–Crippen MR) is 230 cm³/mol. The molecule has 0 saturated carbocycles. The van der Waals surface area contributed by atoms with E-state index in [4.69, 9.17) is 51.7 Å². The van der Waals surface area contributed by atoms with Gasteiger partial charge in [-0.15, -0.1) is 22.7 Å². The van der Waals surface area contributed by atoms with Gasteiger partial charge in [-0.2, -0.15) is 9.59 Å². The van der Waals surface area contributed by atoms with Gasteiger partial charge in [-0.25, -0.2) is 45.0 Å². The molecule has 59 heavy (non-hydrogen) atoms. The summed E-state index contributed by atoms with van der Waals surface area (Å²) < 4.78 is 76.3. The van der Waals surface area contributed by atoms with Crippen molar-refractivity contribution in [2.45, 2.75) is 74.3 Å². The molecule has 321 valence electrons. The summed E-state index contributed by atoms with van der Waals surface area (Å²) in [5.41, 5.74) is -3.90. The molecule has 4 aliphatic heterocycles. The molecule has 0 spiro atoms. The zero-order valence-corrected chi connectivity index (χ0v) is 39.3. The number of nitrogens with zero attached hydrogens (tertiary/aromatic N) is 4. The quantitative estimate of drug-likeness (QED) is 0.412. The molecule has 2 amide bonds. The second-order valence-electron chi connectivity index (χ2n) is 14.6. The SMILES string of the molecule is CN1C(NC(=O)OC(C)(C)C)=N[C@@]2(c3sc(Br)cc3Cl)COCC2S1(=O)=O.CN1C(NC(=O)OC(C)(C)C)=N[C@@]2(c3sccc3Cl)COCC2S1(=O)=O.O=C=O.[2HH].[B][B][B]. The second kappa shape index (κ2) is 19.6. The van der Waals surface area contributed by atoms with E-state index in [0.717, 1.165) is 19.5 Å². The van der Waals surface area contributed by atoms with Crippen LogP contribution in [0, 0.1) is 0 Å². The van der Waals surface area contributed by atoms with Crippen molar-refractivity contribution in [2.75, 3.05) is 40.5 Å². The van der Waals surface area contributed by atoms with Crippen molar-refractivity contribution >= 4 is 135 Å². The number of guanidine groups is 2. The summed E-state index contributed by atoms with van der Waals surface area (Å²) in [6.45, 7) is 10.4. The minimum Gasteiger partial charge on any atom is -0.444 e. The molecule has 0 aliphatic carbocycles. The molecule has 4 atom stereocenters. The first kappa shape index (κ1) is 50.7. The van der Waals surface area contributed by atoms with Gasteiger partial charge in [0.2, 0.25) is 32.0 Å². The van der Waals surface area contributed by atoms with Gasteiger partial charge in [0.15, 0.2) is 0 Å². The van der Waals surface area contributed by atoms with Crippen molar-refractivity contribution in [3.8, 4) is 0 Å². The van der Waals surface area contributed by atoms with E-state index in [1.165, 1.54) is 36.8 Å². The number of thiophene rings is 2. The number of hydrogen-bond donors (Lipinski definition) is 2. The van der Waals surface area contributed by atoms with E-state index in [0.29, 0.717) is 19.8 Å². The largest absolute Gasteiger partial charge is 0.444 e. The number of aliphatic imine (C=N–C) groups is 2. The molecular formula is C31H41B3BrCl2N6O12S4. The van der Waals surface area contributed by atoms with Gasteiger partial charge in [0, 0.05) is 38.1 Å². The number of hydrogen-bond acceptors (Lipinski definition) is 16. The van der Waals surface area contributed by atoms with E-state index in [1.54, 1.807) is 59.1 Å². The van der Waals surface area contributed by atoms with E-state index in [2.05, 4.69) is 52.0 Å². The normalized spacial score (nSPS) is 24.9. The molecule has 2 aromatic heterocycles. The lowest BCUT2D eigenvalue weighted by Gasteiger charge is -2.38. The maximum Gasteiger partial charge on any atom is 0.414 e. The van der Waals surface area contributed by atoms with Crippen LogP contribution in [0.4, 0.5) is 9.59 Å². The molecule has 2 fully saturated rings. The number of sulfonamides is 2. The van der Waals surface area contributed by atoms with Gasteiger partial charge in [-0.1, -0.05) is 23.2 Å². The lowest BCUT2D eigenvalue weighted by atomic mass is 9.40. The Balaban J connectivity index is 0.000000360. The average molecular weight is 1000 g/mol. The van der Waals surface area contributed by atoms with E-state index in [-0.39, 0.29) is 45.9 Å².